The molecule has 1 aliphatic carbocycles. The van der Waals surface area contributed by atoms with Crippen LogP contribution in [0.1, 0.15) is 49.9 Å². The number of hydrogen-bond donors (Lipinski definition) is 0. The first-order chi connectivity index (χ1) is 8.70. The summed E-state index contributed by atoms with van der Waals surface area (Å²) in [7, 11) is 0. The summed E-state index contributed by atoms with van der Waals surface area (Å²) in [5.41, 5.74) is 0.806. The minimum atomic E-state index is 0.214. The molecular weight excluding hydrogens is 224 g/mol. The van der Waals surface area contributed by atoms with Crippen molar-refractivity contribution in [2.24, 2.45) is 11.8 Å². The predicted molar refractivity (Wildman–Crippen MR) is 73.1 cm³/mol. The normalized spacial score (nSPS) is 23.7. The summed E-state index contributed by atoms with van der Waals surface area (Å²) >= 11 is 0. The number of rotatable bonds is 4. The Labute approximate surface area is 109 Å². The molecule has 0 radical (unpaired) electrons. The first-order valence-electron chi connectivity index (χ1n) is 6.97. The summed E-state index contributed by atoms with van der Waals surface area (Å²) in [6.45, 7) is 4.84. The molecule has 1 aliphatic rings. The summed E-state index contributed by atoms with van der Waals surface area (Å²) in [6.07, 6.45) is 4.53. The second kappa shape index (κ2) is 6.03. The van der Waals surface area contributed by atoms with Crippen LogP contribution in [0.2, 0.25) is 0 Å². The lowest BCUT2D eigenvalue weighted by molar-refractivity contribution is 0.0868. The van der Waals surface area contributed by atoms with E-state index < -0.39 is 0 Å². The smallest absolute Gasteiger partial charge is 0.166 e. The van der Waals surface area contributed by atoms with Crippen molar-refractivity contribution in [1.82, 2.24) is 0 Å². The van der Waals surface area contributed by atoms with Gasteiger partial charge in [-0.3, -0.25) is 4.79 Å². The number of benzene rings is 1. The fourth-order valence-electron chi connectivity index (χ4n) is 2.81. The van der Waals surface area contributed by atoms with Crippen LogP contribution in [0.5, 0.6) is 5.75 Å². The monoisotopic (exact) mass is 246 g/mol. The zero-order valence-electron chi connectivity index (χ0n) is 11.3. The van der Waals surface area contributed by atoms with Gasteiger partial charge in [0.05, 0.1) is 6.61 Å². The molecule has 0 amide bonds. The Morgan fingerprint density at radius 2 is 2.22 bits per heavy atom. The van der Waals surface area contributed by atoms with E-state index in [0.717, 1.165) is 24.2 Å². The summed E-state index contributed by atoms with van der Waals surface area (Å²) in [6, 6.07) is 7.60. The van der Waals surface area contributed by atoms with E-state index in [1.807, 2.05) is 31.2 Å². The molecule has 0 bridgehead atoms. The molecule has 1 aromatic rings. The molecule has 0 saturated heterocycles. The second-order valence-electron chi connectivity index (χ2n) is 5.29. The van der Waals surface area contributed by atoms with E-state index in [0.29, 0.717) is 18.3 Å². The van der Waals surface area contributed by atoms with Crippen molar-refractivity contribution in [3.63, 3.8) is 0 Å². The molecule has 1 saturated carbocycles. The summed E-state index contributed by atoms with van der Waals surface area (Å²) in [4.78, 5) is 12.4. The molecule has 2 rings (SSSR count). The van der Waals surface area contributed by atoms with E-state index in [1.54, 1.807) is 0 Å². The minimum absolute atomic E-state index is 0.214. The first kappa shape index (κ1) is 13.1. The molecule has 0 N–H and O–H groups in total. The molecule has 2 atom stereocenters. The van der Waals surface area contributed by atoms with Crippen LogP contribution in [0.4, 0.5) is 0 Å². The predicted octanol–water partition coefficient (Wildman–Crippen LogP) is 4.09. The third-order valence-corrected chi connectivity index (χ3v) is 3.74. The number of ketones is 1. The Bertz CT molecular complexity index is 411. The third-order valence-electron chi connectivity index (χ3n) is 3.74. The van der Waals surface area contributed by atoms with E-state index in [9.17, 15) is 4.79 Å². The molecule has 2 heteroatoms. The quantitative estimate of drug-likeness (QED) is 0.748. The van der Waals surface area contributed by atoms with Gasteiger partial charge in [0.1, 0.15) is 5.75 Å². The lowest BCUT2D eigenvalue weighted by atomic mass is 9.79. The Hall–Kier alpha value is -1.31. The molecule has 2 nitrogen and oxygen atoms in total. The third kappa shape index (κ3) is 3.12. The maximum atomic E-state index is 12.4. The van der Waals surface area contributed by atoms with Crippen molar-refractivity contribution in [2.45, 2.75) is 39.5 Å². The van der Waals surface area contributed by atoms with Crippen LogP contribution in [0.3, 0.4) is 0 Å². The SMILES string of the molecule is CCOc1cccc(C(=O)C2CCCC(C)C2)c1. The summed E-state index contributed by atoms with van der Waals surface area (Å²) < 4.78 is 5.45. The highest BCUT2D eigenvalue weighted by molar-refractivity contribution is 5.98. The lowest BCUT2D eigenvalue weighted by Crippen LogP contribution is -2.21. The largest absolute Gasteiger partial charge is 0.494 e. The van der Waals surface area contributed by atoms with Gasteiger partial charge in [0.15, 0.2) is 5.78 Å². The maximum absolute atomic E-state index is 12.4. The minimum Gasteiger partial charge on any atom is -0.494 e. The van der Waals surface area contributed by atoms with Gasteiger partial charge in [-0.05, 0) is 37.8 Å². The Kier molecular flexibility index (Phi) is 4.40. The van der Waals surface area contributed by atoms with E-state index in [4.69, 9.17) is 4.74 Å². The highest BCUT2D eigenvalue weighted by Crippen LogP contribution is 2.31. The Morgan fingerprint density at radius 3 is 2.94 bits per heavy atom. The maximum Gasteiger partial charge on any atom is 0.166 e. The fourth-order valence-corrected chi connectivity index (χ4v) is 2.81. The van der Waals surface area contributed by atoms with E-state index in [2.05, 4.69) is 6.92 Å². The number of Topliss-reactive ketones (excluding diaryl/α,β-unsaturated/α-hetero) is 1. The Balaban J connectivity index is 2.10. The average Bonchev–Trinajstić information content (AvgIpc) is 2.39. The molecule has 18 heavy (non-hydrogen) atoms. The van der Waals surface area contributed by atoms with E-state index in [-0.39, 0.29) is 5.92 Å². The highest BCUT2D eigenvalue weighted by atomic mass is 16.5. The molecule has 0 aromatic heterocycles. The van der Waals surface area contributed by atoms with Gasteiger partial charge in [0.25, 0.3) is 0 Å². The summed E-state index contributed by atoms with van der Waals surface area (Å²) in [5, 5.41) is 0. The fraction of sp³-hybridized carbons (Fsp3) is 0.562. The molecule has 0 spiro atoms. The number of carbonyl (C=O) groups excluding carboxylic acids is 1. The topological polar surface area (TPSA) is 26.3 Å². The average molecular weight is 246 g/mol. The Morgan fingerprint density at radius 1 is 1.39 bits per heavy atom. The molecule has 0 aliphatic heterocycles. The molecular formula is C16H22O2. The zero-order valence-corrected chi connectivity index (χ0v) is 11.3. The van der Waals surface area contributed by atoms with Crippen LogP contribution in [-0.2, 0) is 0 Å². The molecule has 1 fully saturated rings. The van der Waals surface area contributed by atoms with Crippen LogP contribution < -0.4 is 4.74 Å². The van der Waals surface area contributed by atoms with Crippen LogP contribution in [-0.4, -0.2) is 12.4 Å². The van der Waals surface area contributed by atoms with Gasteiger partial charge in [-0.15, -0.1) is 0 Å². The van der Waals surface area contributed by atoms with Gasteiger partial charge >= 0.3 is 0 Å². The molecule has 2 unspecified atom stereocenters. The van der Waals surface area contributed by atoms with E-state index in [1.165, 1.54) is 12.8 Å². The summed E-state index contributed by atoms with van der Waals surface area (Å²) in [5.74, 6) is 1.99. The van der Waals surface area contributed by atoms with Gasteiger partial charge in [-0.25, -0.2) is 0 Å². The van der Waals surface area contributed by atoms with Crippen molar-refractivity contribution >= 4 is 5.78 Å². The van der Waals surface area contributed by atoms with Crippen molar-refractivity contribution in [2.75, 3.05) is 6.61 Å². The van der Waals surface area contributed by atoms with Gasteiger partial charge in [0, 0.05) is 11.5 Å². The van der Waals surface area contributed by atoms with Gasteiger partial charge in [-0.2, -0.15) is 0 Å². The van der Waals surface area contributed by atoms with E-state index >= 15 is 0 Å². The highest BCUT2D eigenvalue weighted by Gasteiger charge is 2.25. The van der Waals surface area contributed by atoms with Crippen LogP contribution in [0.15, 0.2) is 24.3 Å². The van der Waals surface area contributed by atoms with Crippen molar-refractivity contribution in [1.29, 1.82) is 0 Å². The van der Waals surface area contributed by atoms with Gasteiger partial charge in [0.2, 0.25) is 0 Å². The van der Waals surface area contributed by atoms with Crippen LogP contribution >= 0.6 is 0 Å². The number of carbonyl (C=O) groups is 1. The van der Waals surface area contributed by atoms with Gasteiger partial charge in [-0.1, -0.05) is 31.9 Å². The number of ether oxygens (including phenoxy) is 1. The lowest BCUT2D eigenvalue weighted by Gasteiger charge is -2.25. The molecule has 98 valence electrons. The molecule has 0 heterocycles. The van der Waals surface area contributed by atoms with Crippen LogP contribution in [0, 0.1) is 11.8 Å². The molecule has 1 aromatic carbocycles. The zero-order chi connectivity index (χ0) is 13.0. The first-order valence-corrected chi connectivity index (χ1v) is 6.97. The van der Waals surface area contributed by atoms with Crippen molar-refractivity contribution in [3.8, 4) is 5.75 Å². The van der Waals surface area contributed by atoms with Crippen molar-refractivity contribution < 1.29 is 9.53 Å². The van der Waals surface area contributed by atoms with Crippen LogP contribution in [0.25, 0.3) is 0 Å². The number of hydrogen-bond acceptors (Lipinski definition) is 2. The standard InChI is InChI=1S/C16H22O2/c1-3-18-15-9-5-8-14(11-15)16(17)13-7-4-6-12(2)10-13/h5,8-9,11-13H,3-4,6-7,10H2,1-2H3. The van der Waals surface area contributed by atoms with Crippen molar-refractivity contribution in [3.05, 3.63) is 29.8 Å². The second-order valence-corrected chi connectivity index (χ2v) is 5.29. The van der Waals surface area contributed by atoms with Gasteiger partial charge < -0.3 is 4.74 Å².